The first-order valence-electron chi connectivity index (χ1n) is 3.67. The molecule has 0 unspecified atom stereocenters. The Morgan fingerprint density at radius 3 is 2.46 bits per heavy atom. The van der Waals surface area contributed by atoms with E-state index in [9.17, 15) is 9.59 Å². The van der Waals surface area contributed by atoms with E-state index >= 15 is 0 Å². The molecule has 13 heavy (non-hydrogen) atoms. The third kappa shape index (κ3) is 3.14. The first kappa shape index (κ1) is 10.2. The standard InChI is InChI=1S/C9H8INO2/c10-5-9(13)11-8-3-1-7(6-12)2-4-8/h1-4,6H,5H2,(H,11,13). The predicted octanol–water partition coefficient (Wildman–Crippen LogP) is 1.87. The molecular formula is C9H8INO2. The molecule has 0 heterocycles. The molecule has 0 saturated carbocycles. The van der Waals surface area contributed by atoms with Crippen molar-refractivity contribution in [2.75, 3.05) is 9.74 Å². The maximum absolute atomic E-state index is 10.9. The van der Waals surface area contributed by atoms with Crippen LogP contribution in [0.3, 0.4) is 0 Å². The lowest BCUT2D eigenvalue weighted by Gasteiger charge is -2.01. The Kier molecular flexibility index (Phi) is 3.88. The molecular weight excluding hydrogens is 281 g/mol. The molecule has 1 aromatic carbocycles. The summed E-state index contributed by atoms with van der Waals surface area (Å²) >= 11 is 1.99. The van der Waals surface area contributed by atoms with E-state index < -0.39 is 0 Å². The SMILES string of the molecule is O=Cc1ccc(NC(=O)CI)cc1. The molecule has 1 aromatic rings. The molecule has 0 atom stereocenters. The molecule has 0 radical (unpaired) electrons. The average molecular weight is 289 g/mol. The quantitative estimate of drug-likeness (QED) is 0.524. The molecule has 0 aliphatic heterocycles. The van der Waals surface area contributed by atoms with Crippen LogP contribution in [0.5, 0.6) is 0 Å². The number of aldehydes is 1. The minimum atomic E-state index is -0.0422. The second-order valence-corrected chi connectivity index (χ2v) is 3.18. The number of amides is 1. The first-order valence-corrected chi connectivity index (χ1v) is 5.20. The Hall–Kier alpha value is -0.910. The fourth-order valence-electron chi connectivity index (χ4n) is 0.839. The molecule has 0 bridgehead atoms. The lowest BCUT2D eigenvalue weighted by Crippen LogP contribution is -2.11. The van der Waals surface area contributed by atoms with Crippen molar-refractivity contribution in [3.8, 4) is 0 Å². The minimum absolute atomic E-state index is 0.0422. The van der Waals surface area contributed by atoms with Gasteiger partial charge in [0.1, 0.15) is 6.29 Å². The number of halogens is 1. The first-order chi connectivity index (χ1) is 6.26. The Morgan fingerprint density at radius 1 is 1.38 bits per heavy atom. The molecule has 68 valence electrons. The Bertz CT molecular complexity index is 308. The van der Waals surface area contributed by atoms with Gasteiger partial charge >= 0.3 is 0 Å². The molecule has 0 aliphatic rings. The third-order valence-corrected chi connectivity index (χ3v) is 2.14. The van der Waals surface area contributed by atoms with E-state index in [1.807, 2.05) is 22.6 Å². The van der Waals surface area contributed by atoms with E-state index in [4.69, 9.17) is 0 Å². The van der Waals surface area contributed by atoms with Crippen LogP contribution < -0.4 is 5.32 Å². The van der Waals surface area contributed by atoms with E-state index in [0.717, 1.165) is 6.29 Å². The van der Waals surface area contributed by atoms with E-state index in [1.165, 1.54) is 0 Å². The lowest BCUT2D eigenvalue weighted by atomic mass is 10.2. The molecule has 0 saturated heterocycles. The van der Waals surface area contributed by atoms with Gasteiger partial charge in [-0.25, -0.2) is 0 Å². The summed E-state index contributed by atoms with van der Waals surface area (Å²) in [5.41, 5.74) is 1.32. The van der Waals surface area contributed by atoms with Crippen LogP contribution in [-0.2, 0) is 4.79 Å². The number of hydrogen-bond acceptors (Lipinski definition) is 2. The summed E-state index contributed by atoms with van der Waals surface area (Å²) in [6.45, 7) is 0. The van der Waals surface area contributed by atoms with Crippen molar-refractivity contribution in [1.29, 1.82) is 0 Å². The van der Waals surface area contributed by atoms with Gasteiger partial charge in [-0.3, -0.25) is 9.59 Å². The Balaban J connectivity index is 2.69. The maximum atomic E-state index is 10.9. The van der Waals surface area contributed by atoms with Crippen LogP contribution in [0.2, 0.25) is 0 Å². The number of hydrogen-bond donors (Lipinski definition) is 1. The van der Waals surface area contributed by atoms with Crippen LogP contribution in [-0.4, -0.2) is 16.6 Å². The van der Waals surface area contributed by atoms with Gasteiger partial charge in [0, 0.05) is 11.3 Å². The second kappa shape index (κ2) is 4.96. The summed E-state index contributed by atoms with van der Waals surface area (Å²) in [4.78, 5) is 21.3. The average Bonchev–Trinajstić information content (AvgIpc) is 2.19. The molecule has 0 aliphatic carbocycles. The smallest absolute Gasteiger partial charge is 0.234 e. The van der Waals surface area contributed by atoms with E-state index in [2.05, 4.69) is 5.32 Å². The highest BCUT2D eigenvalue weighted by molar-refractivity contribution is 14.1. The van der Waals surface area contributed by atoms with Gasteiger partial charge in [0.25, 0.3) is 0 Å². The van der Waals surface area contributed by atoms with Crippen LogP contribution >= 0.6 is 22.6 Å². The molecule has 1 rings (SSSR count). The highest BCUT2D eigenvalue weighted by atomic mass is 127. The Morgan fingerprint density at radius 2 is 2.00 bits per heavy atom. The summed E-state index contributed by atoms with van der Waals surface area (Å²) in [5.74, 6) is -0.0422. The number of benzene rings is 1. The fourth-order valence-corrected chi connectivity index (χ4v) is 1.03. The van der Waals surface area contributed by atoms with Crippen molar-refractivity contribution < 1.29 is 9.59 Å². The monoisotopic (exact) mass is 289 g/mol. The summed E-state index contributed by atoms with van der Waals surface area (Å²) in [6.07, 6.45) is 0.768. The minimum Gasteiger partial charge on any atom is -0.325 e. The number of alkyl halides is 1. The van der Waals surface area contributed by atoms with Crippen LogP contribution in [0.1, 0.15) is 10.4 Å². The fraction of sp³-hybridized carbons (Fsp3) is 0.111. The van der Waals surface area contributed by atoms with Crippen molar-refractivity contribution in [2.45, 2.75) is 0 Å². The van der Waals surface area contributed by atoms with Crippen molar-refractivity contribution in [2.24, 2.45) is 0 Å². The van der Waals surface area contributed by atoms with Gasteiger partial charge in [0.15, 0.2) is 0 Å². The van der Waals surface area contributed by atoms with Crippen molar-refractivity contribution in [3.05, 3.63) is 29.8 Å². The number of carbonyl (C=O) groups is 2. The Labute approximate surface area is 89.7 Å². The predicted molar refractivity (Wildman–Crippen MR) is 59.3 cm³/mol. The highest BCUT2D eigenvalue weighted by Crippen LogP contribution is 2.08. The largest absolute Gasteiger partial charge is 0.325 e. The number of nitrogens with one attached hydrogen (secondary N) is 1. The zero-order valence-corrected chi connectivity index (χ0v) is 8.95. The van der Waals surface area contributed by atoms with Gasteiger partial charge in [-0.05, 0) is 24.3 Å². The normalized spacial score (nSPS) is 9.31. The third-order valence-electron chi connectivity index (χ3n) is 1.45. The van der Waals surface area contributed by atoms with Gasteiger partial charge in [0.05, 0.1) is 4.43 Å². The van der Waals surface area contributed by atoms with Crippen LogP contribution in [0.25, 0.3) is 0 Å². The van der Waals surface area contributed by atoms with Crippen molar-refractivity contribution in [1.82, 2.24) is 0 Å². The van der Waals surface area contributed by atoms with E-state index in [-0.39, 0.29) is 5.91 Å². The molecule has 3 nitrogen and oxygen atoms in total. The summed E-state index contributed by atoms with van der Waals surface area (Å²) in [7, 11) is 0. The molecule has 4 heteroatoms. The summed E-state index contributed by atoms with van der Waals surface area (Å²) < 4.78 is 0.424. The van der Waals surface area contributed by atoms with Gasteiger partial charge in [-0.15, -0.1) is 0 Å². The molecule has 0 fully saturated rings. The van der Waals surface area contributed by atoms with Crippen LogP contribution in [0.15, 0.2) is 24.3 Å². The number of anilines is 1. The van der Waals surface area contributed by atoms with Gasteiger partial charge in [-0.1, -0.05) is 22.6 Å². The molecule has 0 spiro atoms. The molecule has 1 N–H and O–H groups in total. The van der Waals surface area contributed by atoms with Crippen molar-refractivity contribution in [3.63, 3.8) is 0 Å². The van der Waals surface area contributed by atoms with Crippen molar-refractivity contribution >= 4 is 40.5 Å². The summed E-state index contributed by atoms with van der Waals surface area (Å²) in [6, 6.07) is 6.73. The van der Waals surface area contributed by atoms with Gasteiger partial charge < -0.3 is 5.32 Å². The van der Waals surface area contributed by atoms with Gasteiger partial charge in [-0.2, -0.15) is 0 Å². The van der Waals surface area contributed by atoms with E-state index in [0.29, 0.717) is 15.7 Å². The number of carbonyl (C=O) groups excluding carboxylic acids is 2. The number of rotatable bonds is 3. The lowest BCUT2D eigenvalue weighted by molar-refractivity contribution is -0.113. The van der Waals surface area contributed by atoms with E-state index in [1.54, 1.807) is 24.3 Å². The topological polar surface area (TPSA) is 46.2 Å². The van der Waals surface area contributed by atoms with Gasteiger partial charge in [0.2, 0.25) is 5.91 Å². The molecule has 0 aromatic heterocycles. The highest BCUT2D eigenvalue weighted by Gasteiger charge is 1.98. The molecule has 1 amide bonds. The zero-order chi connectivity index (χ0) is 9.68. The summed E-state index contributed by atoms with van der Waals surface area (Å²) in [5, 5.41) is 2.68. The van der Waals surface area contributed by atoms with Crippen LogP contribution in [0.4, 0.5) is 5.69 Å². The second-order valence-electron chi connectivity index (χ2n) is 2.42. The maximum Gasteiger partial charge on any atom is 0.234 e. The van der Waals surface area contributed by atoms with Crippen LogP contribution in [0, 0.1) is 0 Å². The zero-order valence-electron chi connectivity index (χ0n) is 6.79.